The van der Waals surface area contributed by atoms with Crippen molar-refractivity contribution < 1.29 is 23.3 Å². The average molecular weight is 461 g/mol. The Kier molecular flexibility index (Phi) is 6.45. The molecule has 0 saturated carbocycles. The van der Waals surface area contributed by atoms with Crippen molar-refractivity contribution >= 4 is 19.9 Å². The van der Waals surface area contributed by atoms with Gasteiger partial charge in [-0.25, -0.2) is 0 Å². The Hall–Kier alpha value is -2.03. The molecule has 0 fully saturated rings. The number of hydrogen-bond donors (Lipinski definition) is 0. The summed E-state index contributed by atoms with van der Waals surface area (Å²) in [6.45, 7) is 17.0. The summed E-state index contributed by atoms with van der Waals surface area (Å²) in [6, 6.07) is -0.454. The Morgan fingerprint density at radius 2 is 1.91 bits per heavy atom. The van der Waals surface area contributed by atoms with E-state index in [4.69, 9.17) is 13.7 Å². The van der Waals surface area contributed by atoms with Crippen molar-refractivity contribution in [3.63, 3.8) is 0 Å². The fourth-order valence-corrected chi connectivity index (χ4v) is 5.63. The topological polar surface area (TPSA) is 81.9 Å². The van der Waals surface area contributed by atoms with Gasteiger partial charge in [-0.2, -0.15) is 0 Å². The summed E-state index contributed by atoms with van der Waals surface area (Å²) in [7, 11) is 1.21. The van der Waals surface area contributed by atoms with Crippen molar-refractivity contribution in [3.05, 3.63) is 35.6 Å². The van der Waals surface area contributed by atoms with Gasteiger partial charge in [-0.3, -0.25) is 14.5 Å². The summed E-state index contributed by atoms with van der Waals surface area (Å²) in [6.07, 6.45) is 4.87. The van der Waals surface area contributed by atoms with Gasteiger partial charge in [0.15, 0.2) is 25.5 Å². The SMILES string of the molecule is C=C1C=CC(=O)[C@]2(O[Si](C)(C)C(C)(C)C)C(=O)c3c(OCCCC)noc3C(N(C)C)[C@H]12. The standard InChI is InChI=1S/C24H36N2O5Si/c1-10-11-14-29-22-17-20(30-25-22)19(26(6)7)18-15(2)12-13-16(27)24(18,21(17)28)31-32(8,9)23(3,4)5/h12-13,18-19H,2,10-11,14H2,1,3-9H3/t18-,19?,24+/m0/s1. The molecule has 2 aliphatic rings. The van der Waals surface area contributed by atoms with Crippen molar-refractivity contribution in [2.75, 3.05) is 20.7 Å². The molecule has 0 aliphatic heterocycles. The summed E-state index contributed by atoms with van der Waals surface area (Å²) < 4.78 is 18.3. The van der Waals surface area contributed by atoms with Crippen LogP contribution in [-0.2, 0) is 9.22 Å². The van der Waals surface area contributed by atoms with Crippen LogP contribution in [-0.4, -0.2) is 56.2 Å². The van der Waals surface area contributed by atoms with Gasteiger partial charge in [0.05, 0.1) is 12.6 Å². The molecule has 1 aromatic heterocycles. The van der Waals surface area contributed by atoms with Crippen LogP contribution < -0.4 is 4.74 Å². The van der Waals surface area contributed by atoms with E-state index in [1.165, 1.54) is 6.08 Å². The summed E-state index contributed by atoms with van der Waals surface area (Å²) in [5.74, 6) is -0.891. The second-order valence-electron chi connectivity index (χ2n) is 10.5. The van der Waals surface area contributed by atoms with Gasteiger partial charge in [0.2, 0.25) is 5.78 Å². The Morgan fingerprint density at radius 1 is 1.25 bits per heavy atom. The summed E-state index contributed by atoms with van der Waals surface area (Å²) in [5, 5.41) is 3.88. The molecule has 0 aromatic carbocycles. The van der Waals surface area contributed by atoms with E-state index in [1.807, 2.05) is 32.1 Å². The van der Waals surface area contributed by atoms with Crippen molar-refractivity contribution in [1.82, 2.24) is 10.1 Å². The number of allylic oxidation sites excluding steroid dienone is 1. The van der Waals surface area contributed by atoms with Gasteiger partial charge < -0.3 is 13.7 Å². The van der Waals surface area contributed by atoms with Crippen LogP contribution in [0.15, 0.2) is 28.8 Å². The lowest BCUT2D eigenvalue weighted by Crippen LogP contribution is -2.66. The molecule has 0 bridgehead atoms. The molecule has 1 heterocycles. The maximum absolute atomic E-state index is 14.2. The minimum atomic E-state index is -2.56. The predicted molar refractivity (Wildman–Crippen MR) is 125 cm³/mol. The molecule has 1 aromatic rings. The van der Waals surface area contributed by atoms with E-state index in [-0.39, 0.29) is 22.3 Å². The smallest absolute Gasteiger partial charge is 0.265 e. The highest BCUT2D eigenvalue weighted by molar-refractivity contribution is 6.74. The molecular formula is C24H36N2O5Si. The third-order valence-electron chi connectivity index (χ3n) is 7.00. The van der Waals surface area contributed by atoms with Crippen molar-refractivity contribution in [1.29, 1.82) is 0 Å². The molecule has 0 radical (unpaired) electrons. The van der Waals surface area contributed by atoms with E-state index in [1.54, 1.807) is 6.08 Å². The molecule has 7 nitrogen and oxygen atoms in total. The van der Waals surface area contributed by atoms with E-state index in [2.05, 4.69) is 39.4 Å². The second-order valence-corrected chi connectivity index (χ2v) is 15.2. The van der Waals surface area contributed by atoms with Crippen LogP contribution >= 0.6 is 0 Å². The zero-order valence-electron chi connectivity index (χ0n) is 20.6. The van der Waals surface area contributed by atoms with Crippen LogP contribution in [0.1, 0.15) is 62.7 Å². The lowest BCUT2D eigenvalue weighted by atomic mass is 9.63. The minimum Gasteiger partial charge on any atom is -0.475 e. The number of aromatic nitrogens is 1. The molecule has 0 spiro atoms. The van der Waals surface area contributed by atoms with Crippen LogP contribution in [0.3, 0.4) is 0 Å². The van der Waals surface area contributed by atoms with Crippen LogP contribution in [0.2, 0.25) is 18.1 Å². The largest absolute Gasteiger partial charge is 0.475 e. The van der Waals surface area contributed by atoms with Crippen molar-refractivity contribution in [2.45, 2.75) is 70.3 Å². The molecule has 3 rings (SSSR count). The lowest BCUT2D eigenvalue weighted by Gasteiger charge is -2.52. The molecule has 0 amide bonds. The zero-order valence-corrected chi connectivity index (χ0v) is 21.6. The summed E-state index contributed by atoms with van der Waals surface area (Å²) >= 11 is 0. The van der Waals surface area contributed by atoms with Gasteiger partial charge in [0, 0.05) is 5.92 Å². The number of ketones is 2. The number of ether oxygens (including phenoxy) is 1. The maximum Gasteiger partial charge on any atom is 0.265 e. The highest BCUT2D eigenvalue weighted by Gasteiger charge is 2.66. The molecule has 32 heavy (non-hydrogen) atoms. The van der Waals surface area contributed by atoms with Gasteiger partial charge in [0.1, 0.15) is 5.56 Å². The first-order chi connectivity index (χ1) is 14.8. The molecule has 8 heteroatoms. The Balaban J connectivity index is 2.26. The number of nitrogens with zero attached hydrogens (tertiary/aromatic N) is 2. The number of unbranched alkanes of at least 4 members (excludes halogenated alkanes) is 1. The number of Topliss-reactive ketones (excluding diaryl/α,β-unsaturated/α-hetero) is 1. The molecule has 0 N–H and O–H groups in total. The highest BCUT2D eigenvalue weighted by atomic mass is 28.4. The van der Waals surface area contributed by atoms with Crippen LogP contribution in [0.4, 0.5) is 0 Å². The quantitative estimate of drug-likeness (QED) is 0.331. The Bertz CT molecular complexity index is 956. The molecule has 1 unspecified atom stereocenters. The Labute approximate surface area is 191 Å². The monoisotopic (exact) mass is 460 g/mol. The lowest BCUT2D eigenvalue weighted by molar-refractivity contribution is -0.133. The third kappa shape index (κ3) is 3.72. The van der Waals surface area contributed by atoms with Crippen molar-refractivity contribution in [2.24, 2.45) is 5.92 Å². The summed E-state index contributed by atoms with van der Waals surface area (Å²) in [5.41, 5.74) is -0.845. The first kappa shape index (κ1) is 24.6. The van der Waals surface area contributed by atoms with E-state index >= 15 is 0 Å². The van der Waals surface area contributed by atoms with E-state index < -0.39 is 31.7 Å². The maximum atomic E-state index is 14.2. The number of carbonyl (C=O) groups excluding carboxylic acids is 2. The van der Waals surface area contributed by atoms with E-state index in [9.17, 15) is 9.59 Å². The molecule has 2 aliphatic carbocycles. The molecule has 176 valence electrons. The molecule has 0 saturated heterocycles. The van der Waals surface area contributed by atoms with Gasteiger partial charge in [0.25, 0.3) is 5.88 Å². The number of rotatable bonds is 7. The Morgan fingerprint density at radius 3 is 2.47 bits per heavy atom. The zero-order chi connectivity index (χ0) is 24.1. The first-order valence-electron chi connectivity index (χ1n) is 11.2. The summed E-state index contributed by atoms with van der Waals surface area (Å²) in [4.78, 5) is 29.8. The van der Waals surface area contributed by atoms with Crippen LogP contribution in [0, 0.1) is 5.92 Å². The highest BCUT2D eigenvalue weighted by Crippen LogP contribution is 2.54. The average Bonchev–Trinajstić information content (AvgIpc) is 3.09. The predicted octanol–water partition coefficient (Wildman–Crippen LogP) is 4.72. The van der Waals surface area contributed by atoms with E-state index in [0.29, 0.717) is 17.9 Å². The fourth-order valence-electron chi connectivity index (χ4n) is 4.20. The minimum absolute atomic E-state index is 0.134. The second kappa shape index (κ2) is 8.39. The van der Waals surface area contributed by atoms with Gasteiger partial charge in [-0.05, 0) is 55.5 Å². The molecule has 3 atom stereocenters. The normalized spacial score (nSPS) is 25.8. The van der Waals surface area contributed by atoms with Gasteiger partial charge in [-0.15, -0.1) is 0 Å². The number of hydrogen-bond acceptors (Lipinski definition) is 7. The first-order valence-corrected chi connectivity index (χ1v) is 14.2. The third-order valence-corrected chi connectivity index (χ3v) is 11.4. The number of carbonyl (C=O) groups is 2. The number of fused-ring (bicyclic) bond motifs is 2. The van der Waals surface area contributed by atoms with Crippen LogP contribution in [0.25, 0.3) is 0 Å². The van der Waals surface area contributed by atoms with Crippen molar-refractivity contribution in [3.8, 4) is 5.88 Å². The van der Waals surface area contributed by atoms with Crippen LogP contribution in [0.5, 0.6) is 5.88 Å². The molecular weight excluding hydrogens is 424 g/mol. The van der Waals surface area contributed by atoms with Gasteiger partial charge in [-0.1, -0.05) is 46.8 Å². The fraction of sp³-hybridized carbons (Fsp3) is 0.625. The van der Waals surface area contributed by atoms with E-state index in [0.717, 1.165) is 12.8 Å². The van der Waals surface area contributed by atoms with Gasteiger partial charge >= 0.3 is 0 Å².